The summed E-state index contributed by atoms with van der Waals surface area (Å²) in [7, 11) is 0. The van der Waals surface area contributed by atoms with Gasteiger partial charge in [0.05, 0.1) is 35.3 Å². The highest BCUT2D eigenvalue weighted by Crippen LogP contribution is 2.54. The number of hydrogen-bond acceptors (Lipinski definition) is 6. The maximum Gasteiger partial charge on any atom is 0.253 e. The molecule has 10 heteroatoms. The Morgan fingerprint density at radius 2 is 1.75 bits per heavy atom. The van der Waals surface area contributed by atoms with Gasteiger partial charge in [0, 0.05) is 31.9 Å². The smallest absolute Gasteiger partial charge is 0.253 e. The van der Waals surface area contributed by atoms with Crippen molar-refractivity contribution in [1.82, 2.24) is 4.90 Å². The van der Waals surface area contributed by atoms with Gasteiger partial charge in [-0.1, -0.05) is 48.0 Å². The number of fused-ring (bicyclic) bond motifs is 2. The minimum Gasteiger partial charge on any atom is -0.494 e. The molecule has 2 saturated heterocycles. The van der Waals surface area contributed by atoms with Gasteiger partial charge in [0.15, 0.2) is 0 Å². The third kappa shape index (κ3) is 5.01. The average molecular weight is 620 g/mol. The molecule has 1 N–H and O–H groups in total. The number of unbranched alkanes of at least 4 members (excludes halogenated alkanes) is 2. The number of aryl methyl sites for hydroxylation is 1. The number of carbonyl (C=O) groups excluding carboxylic acids is 3. The van der Waals surface area contributed by atoms with E-state index in [1.54, 1.807) is 20.8 Å². The van der Waals surface area contributed by atoms with Crippen molar-refractivity contribution in [2.24, 2.45) is 11.8 Å². The molecule has 1 unspecified atom stereocenters. The fourth-order valence-corrected chi connectivity index (χ4v) is 7.56. The maximum absolute atomic E-state index is 14.6. The Hall–Kier alpha value is -3.66. The third-order valence-electron chi connectivity index (χ3n) is 9.13. The first-order chi connectivity index (χ1) is 21.3. The zero-order valence-corrected chi connectivity index (χ0v) is 25.8. The highest BCUT2D eigenvalue weighted by molar-refractivity contribution is 6.34. The van der Waals surface area contributed by atoms with Gasteiger partial charge >= 0.3 is 0 Å². The van der Waals surface area contributed by atoms with Gasteiger partial charge in [-0.3, -0.25) is 14.4 Å². The highest BCUT2D eigenvalue weighted by atomic mass is 35.5. The number of anilines is 2. The van der Waals surface area contributed by atoms with Crippen molar-refractivity contribution >= 4 is 40.7 Å². The van der Waals surface area contributed by atoms with E-state index in [4.69, 9.17) is 21.1 Å². The molecule has 2 fully saturated rings. The first-order valence-corrected chi connectivity index (χ1v) is 15.7. The summed E-state index contributed by atoms with van der Waals surface area (Å²) in [6.45, 7) is 5.30. The summed E-state index contributed by atoms with van der Waals surface area (Å²) in [6.07, 6.45) is 8.69. The number of hydrogen-bond donors (Lipinski definition) is 1. The number of benzene rings is 2. The van der Waals surface area contributed by atoms with Gasteiger partial charge in [0.1, 0.15) is 17.4 Å². The zero-order chi connectivity index (χ0) is 31.0. The summed E-state index contributed by atoms with van der Waals surface area (Å²) >= 11 is 6.64. The number of aliphatic hydroxyl groups is 1. The van der Waals surface area contributed by atoms with E-state index in [1.165, 1.54) is 0 Å². The third-order valence-corrected chi connectivity index (χ3v) is 9.44. The lowest BCUT2D eigenvalue weighted by Gasteiger charge is -2.36. The molecule has 4 heterocycles. The van der Waals surface area contributed by atoms with E-state index in [0.29, 0.717) is 61.1 Å². The van der Waals surface area contributed by atoms with Gasteiger partial charge < -0.3 is 29.3 Å². The van der Waals surface area contributed by atoms with Crippen LogP contribution in [0.25, 0.3) is 0 Å². The number of likely N-dealkylation sites (tertiary alicyclic amines) is 1. The highest BCUT2D eigenvalue weighted by Gasteiger charge is 2.71. The van der Waals surface area contributed by atoms with Crippen LogP contribution in [0.15, 0.2) is 66.8 Å². The van der Waals surface area contributed by atoms with Gasteiger partial charge in [-0.05, 0) is 69.0 Å². The van der Waals surface area contributed by atoms with Crippen LogP contribution in [0.5, 0.6) is 5.75 Å². The van der Waals surface area contributed by atoms with Gasteiger partial charge in [-0.25, -0.2) is 0 Å². The molecule has 4 aliphatic rings. The van der Waals surface area contributed by atoms with Crippen LogP contribution in [-0.2, 0) is 19.1 Å². The molecule has 0 aromatic heterocycles. The molecule has 2 aromatic rings. The molecule has 6 rings (SSSR count). The maximum atomic E-state index is 14.6. The van der Waals surface area contributed by atoms with Crippen molar-refractivity contribution in [2.45, 2.75) is 50.9 Å². The molecule has 3 amide bonds. The van der Waals surface area contributed by atoms with Gasteiger partial charge in [-0.15, -0.1) is 0 Å². The normalized spacial score (nSPS) is 27.7. The molecule has 5 atom stereocenters. The van der Waals surface area contributed by atoms with Crippen LogP contribution in [-0.4, -0.2) is 78.3 Å². The second kappa shape index (κ2) is 12.4. The number of aliphatic hydroxyl groups excluding tert-OH is 1. The van der Waals surface area contributed by atoms with Crippen LogP contribution in [0.4, 0.5) is 11.4 Å². The molecule has 1 spiro atoms. The summed E-state index contributed by atoms with van der Waals surface area (Å²) in [5.74, 6) is -1.77. The number of ether oxygens (including phenoxy) is 2. The molecule has 0 bridgehead atoms. The number of halogens is 1. The number of carbonyl (C=O) groups is 3. The van der Waals surface area contributed by atoms with Crippen molar-refractivity contribution in [3.63, 3.8) is 0 Å². The minimum atomic E-state index is -1.33. The monoisotopic (exact) mass is 619 g/mol. The van der Waals surface area contributed by atoms with Crippen LogP contribution in [0, 0.1) is 18.8 Å². The first kappa shape index (κ1) is 30.4. The van der Waals surface area contributed by atoms with Gasteiger partial charge in [0.25, 0.3) is 5.91 Å². The van der Waals surface area contributed by atoms with E-state index in [2.05, 4.69) is 0 Å². The summed E-state index contributed by atoms with van der Waals surface area (Å²) in [4.78, 5) is 48.4. The van der Waals surface area contributed by atoms with Gasteiger partial charge in [-0.2, -0.15) is 0 Å². The van der Waals surface area contributed by atoms with Crippen LogP contribution in [0.1, 0.15) is 31.7 Å². The molecule has 2 aromatic carbocycles. The predicted octanol–water partition coefficient (Wildman–Crippen LogP) is 4.30. The summed E-state index contributed by atoms with van der Waals surface area (Å²) in [5, 5.41) is 9.77. The van der Waals surface area contributed by atoms with Crippen LogP contribution in [0.2, 0.25) is 5.02 Å². The molecule has 4 aliphatic heterocycles. The van der Waals surface area contributed by atoms with E-state index in [0.717, 1.165) is 5.56 Å². The second-order valence-electron chi connectivity index (χ2n) is 11.7. The molecule has 44 heavy (non-hydrogen) atoms. The number of rotatable bonds is 9. The Morgan fingerprint density at radius 3 is 2.48 bits per heavy atom. The van der Waals surface area contributed by atoms with Crippen LogP contribution >= 0.6 is 11.6 Å². The Bertz CT molecular complexity index is 1470. The lowest BCUT2D eigenvalue weighted by atomic mass is 9.77. The average Bonchev–Trinajstić information content (AvgIpc) is 3.32. The topological polar surface area (TPSA) is 99.6 Å². The summed E-state index contributed by atoms with van der Waals surface area (Å²) in [6, 6.07) is 11.8. The molecule has 0 saturated carbocycles. The largest absolute Gasteiger partial charge is 0.494 e. The fourth-order valence-electron chi connectivity index (χ4n) is 7.23. The molecule has 0 radical (unpaired) electrons. The van der Waals surface area contributed by atoms with Crippen LogP contribution in [0.3, 0.4) is 0 Å². The van der Waals surface area contributed by atoms with E-state index in [9.17, 15) is 19.5 Å². The number of amides is 3. The number of para-hydroxylation sites is 1. The first-order valence-electron chi connectivity index (χ1n) is 15.4. The lowest BCUT2D eigenvalue weighted by Crippen LogP contribution is -2.55. The lowest BCUT2D eigenvalue weighted by molar-refractivity contribution is -0.140. The van der Waals surface area contributed by atoms with Crippen molar-refractivity contribution in [3.05, 3.63) is 77.4 Å². The van der Waals surface area contributed by atoms with E-state index in [-0.39, 0.29) is 30.9 Å². The predicted molar refractivity (Wildman–Crippen MR) is 168 cm³/mol. The summed E-state index contributed by atoms with van der Waals surface area (Å²) in [5.41, 5.74) is 0.807. The van der Waals surface area contributed by atoms with E-state index >= 15 is 0 Å². The SMILES string of the molecule is CCOc1ccc(N2CC=C[C@@H]3O[C@]45C=CCN(c6c(C)cccc6Cl)C(=O)C4N(CCCCCO)C(=O)[C@@H]5[C@@H]3C2=O)cc1. The molecular weight excluding hydrogens is 582 g/mol. The molecule has 9 nitrogen and oxygen atoms in total. The minimum absolute atomic E-state index is 0.0558. The zero-order valence-electron chi connectivity index (χ0n) is 25.0. The van der Waals surface area contributed by atoms with Crippen molar-refractivity contribution in [1.29, 1.82) is 0 Å². The quantitative estimate of drug-likeness (QED) is 0.332. The van der Waals surface area contributed by atoms with Crippen molar-refractivity contribution in [3.8, 4) is 5.75 Å². The van der Waals surface area contributed by atoms with Crippen molar-refractivity contribution in [2.75, 3.05) is 42.6 Å². The Labute approximate surface area is 262 Å². The molecular formula is C34H38ClN3O6. The van der Waals surface area contributed by atoms with E-state index in [1.807, 2.05) is 74.5 Å². The molecule has 0 aliphatic carbocycles. The summed E-state index contributed by atoms with van der Waals surface area (Å²) < 4.78 is 12.3. The standard InChI is InChI=1S/C34H38ClN3O6/c1-3-43-24-15-13-23(14-16-24)36-19-8-12-26-27(31(36)40)28-32(41)38(18-5-4-6-21-39)30-33(42)37(20-9-17-34(28,30)44-26)29-22(2)10-7-11-25(29)35/h7-17,26-28,30,39H,3-6,18-21H2,1-2H3/t26-,27+,28-,30?,34-/m0/s1. The fraction of sp³-hybridized carbons (Fsp3) is 0.441. The Balaban J connectivity index is 1.40. The molecule has 232 valence electrons. The second-order valence-corrected chi connectivity index (χ2v) is 12.1. The Kier molecular flexibility index (Phi) is 8.55. The van der Waals surface area contributed by atoms with Crippen LogP contribution < -0.4 is 14.5 Å². The Morgan fingerprint density at radius 1 is 0.977 bits per heavy atom. The van der Waals surface area contributed by atoms with E-state index < -0.39 is 29.6 Å². The van der Waals surface area contributed by atoms with Gasteiger partial charge in [0.2, 0.25) is 11.8 Å². The van der Waals surface area contributed by atoms with Crippen molar-refractivity contribution < 1.29 is 29.0 Å². The number of nitrogens with zero attached hydrogens (tertiary/aromatic N) is 3.